The van der Waals surface area contributed by atoms with Crippen LogP contribution in [0.1, 0.15) is 65.7 Å². The van der Waals surface area contributed by atoms with E-state index >= 15 is 0 Å². The van der Waals surface area contributed by atoms with E-state index in [9.17, 15) is 5.11 Å². The summed E-state index contributed by atoms with van der Waals surface area (Å²) < 4.78 is 0. The fraction of sp³-hybridized carbons (Fsp3) is 0.889. The topological polar surface area (TPSA) is 51.7 Å². The molecule has 20 heavy (non-hydrogen) atoms. The molecule has 0 aliphatic heterocycles. The zero-order chi connectivity index (χ0) is 13.7. The largest absolute Gasteiger partial charge is 0.412 e. The van der Waals surface area contributed by atoms with Gasteiger partial charge in [0.1, 0.15) is 0 Å². The van der Waals surface area contributed by atoms with Gasteiger partial charge in [-0.2, -0.15) is 0 Å². The first-order valence-electron chi connectivity index (χ1n) is 8.31. The lowest BCUT2D eigenvalue weighted by atomic mass is 9.46. The van der Waals surface area contributed by atoms with Crippen molar-refractivity contribution in [2.24, 2.45) is 28.6 Å². The van der Waals surface area contributed by atoms with Crippen LogP contribution >= 0.6 is 0 Å². The quantitative estimate of drug-likeness (QED) is 0.731. The summed E-state index contributed by atoms with van der Waals surface area (Å²) in [5.41, 5.74) is 2.40. The summed E-state index contributed by atoms with van der Waals surface area (Å²) in [5.74, 6) is 2.34. The van der Waals surface area contributed by atoms with Crippen LogP contribution in [0.4, 0.5) is 0 Å². The lowest BCUT2D eigenvalue weighted by Gasteiger charge is -2.59. The molecule has 2 fully saturated rings. The average molecular weight is 280 g/mol. The molecule has 3 rings (SSSR count). The van der Waals surface area contributed by atoms with Gasteiger partial charge in [0.25, 0.3) is 0 Å². The maximum atomic E-state index is 9.93. The van der Waals surface area contributed by atoms with Crippen LogP contribution in [0.15, 0.2) is 11.6 Å². The third-order valence-corrected chi connectivity index (χ3v) is 6.84. The monoisotopic (exact) mass is 280 g/mol. The molecule has 116 valence electrons. The number of hydrogen-bond acceptors (Lipinski definition) is 1. The minimum Gasteiger partial charge on any atom is -0.412 e. The third-order valence-electron chi connectivity index (χ3n) is 6.84. The zero-order valence-corrected chi connectivity index (χ0v) is 13.4. The predicted molar refractivity (Wildman–Crippen MR) is 83.5 cm³/mol. The van der Waals surface area contributed by atoms with Gasteiger partial charge in [-0.15, -0.1) is 0 Å². The van der Waals surface area contributed by atoms with E-state index in [-0.39, 0.29) is 10.9 Å². The van der Waals surface area contributed by atoms with Gasteiger partial charge in [-0.3, -0.25) is 0 Å². The highest BCUT2D eigenvalue weighted by atomic mass is 16.3. The van der Waals surface area contributed by atoms with E-state index in [4.69, 9.17) is 0 Å². The van der Waals surface area contributed by atoms with Crippen molar-refractivity contribution in [2.75, 3.05) is 6.61 Å². The lowest BCUT2D eigenvalue weighted by Crippen LogP contribution is -2.52. The maximum Gasteiger partial charge on any atom is 0.0487 e. The Balaban J connectivity index is 0.00000147. The van der Waals surface area contributed by atoms with E-state index in [1.165, 1.54) is 44.9 Å². The summed E-state index contributed by atoms with van der Waals surface area (Å²) in [6, 6.07) is 0. The molecular weight excluding hydrogens is 248 g/mol. The van der Waals surface area contributed by atoms with E-state index in [0.717, 1.165) is 17.8 Å². The Hall–Kier alpha value is -0.340. The van der Waals surface area contributed by atoms with Crippen LogP contribution in [0.2, 0.25) is 0 Å². The Morgan fingerprint density at radius 1 is 1.20 bits per heavy atom. The standard InChI is InChI=1S/C18H30O.H2O/c1-13-5-7-15-14(11-13)6-8-16-17(2,12-19)9-4-10-18(15,16)3;/h11,13,15-16,19H,4-10,12H2,1-3H3;1H2/t13-,15+,16+,17+,18-;/m1./s1. The minimum atomic E-state index is 0. The number of aliphatic hydroxyl groups excluding tert-OH is 1. The van der Waals surface area contributed by atoms with E-state index in [0.29, 0.717) is 12.0 Å². The van der Waals surface area contributed by atoms with Crippen LogP contribution < -0.4 is 0 Å². The van der Waals surface area contributed by atoms with Crippen molar-refractivity contribution in [2.45, 2.75) is 65.7 Å². The molecule has 3 N–H and O–H groups in total. The number of aliphatic hydroxyl groups is 1. The second-order valence-corrected chi connectivity index (χ2v) is 8.11. The molecule has 2 nitrogen and oxygen atoms in total. The Morgan fingerprint density at radius 2 is 1.95 bits per heavy atom. The first-order valence-corrected chi connectivity index (χ1v) is 8.31. The highest BCUT2D eigenvalue weighted by Gasteiger charge is 2.54. The van der Waals surface area contributed by atoms with Crippen molar-refractivity contribution in [3.63, 3.8) is 0 Å². The van der Waals surface area contributed by atoms with E-state index in [2.05, 4.69) is 26.8 Å². The predicted octanol–water partition coefficient (Wildman–Crippen LogP) is 3.73. The fourth-order valence-corrected chi connectivity index (χ4v) is 5.80. The van der Waals surface area contributed by atoms with Crippen molar-refractivity contribution in [1.29, 1.82) is 0 Å². The van der Waals surface area contributed by atoms with Crippen LogP contribution in [0.5, 0.6) is 0 Å². The number of rotatable bonds is 1. The molecule has 0 aromatic rings. The number of hydrogen-bond donors (Lipinski definition) is 1. The third kappa shape index (κ3) is 2.25. The van der Waals surface area contributed by atoms with Crippen molar-refractivity contribution in [3.8, 4) is 0 Å². The van der Waals surface area contributed by atoms with Crippen LogP contribution in [0, 0.1) is 28.6 Å². The summed E-state index contributed by atoms with van der Waals surface area (Å²) >= 11 is 0. The van der Waals surface area contributed by atoms with Crippen molar-refractivity contribution >= 4 is 0 Å². The highest BCUT2D eigenvalue weighted by molar-refractivity contribution is 5.21. The first-order chi connectivity index (χ1) is 8.99. The molecule has 0 bridgehead atoms. The Bertz CT molecular complexity index is 389. The average Bonchev–Trinajstić information content (AvgIpc) is 2.38. The molecule has 2 heteroatoms. The molecule has 0 aromatic heterocycles. The maximum absolute atomic E-state index is 9.93. The Morgan fingerprint density at radius 3 is 2.65 bits per heavy atom. The van der Waals surface area contributed by atoms with Gasteiger partial charge in [0.05, 0.1) is 0 Å². The molecule has 0 heterocycles. The molecule has 2 saturated carbocycles. The Labute approximate surface area is 124 Å². The van der Waals surface area contributed by atoms with Crippen molar-refractivity contribution < 1.29 is 10.6 Å². The van der Waals surface area contributed by atoms with E-state index in [1.54, 1.807) is 5.57 Å². The summed E-state index contributed by atoms with van der Waals surface area (Å²) in [5, 5.41) is 9.93. The summed E-state index contributed by atoms with van der Waals surface area (Å²) in [4.78, 5) is 0. The van der Waals surface area contributed by atoms with Gasteiger partial charge < -0.3 is 10.6 Å². The fourth-order valence-electron chi connectivity index (χ4n) is 5.80. The van der Waals surface area contributed by atoms with Crippen LogP contribution in [-0.4, -0.2) is 17.2 Å². The Kier molecular flexibility index (Phi) is 4.37. The molecule has 0 unspecified atom stereocenters. The molecule has 0 spiro atoms. The van der Waals surface area contributed by atoms with Gasteiger partial charge in [-0.05, 0) is 67.1 Å². The van der Waals surface area contributed by atoms with Gasteiger partial charge in [0.2, 0.25) is 0 Å². The second-order valence-electron chi connectivity index (χ2n) is 8.11. The summed E-state index contributed by atoms with van der Waals surface area (Å²) in [6.45, 7) is 7.64. The van der Waals surface area contributed by atoms with E-state index < -0.39 is 0 Å². The smallest absolute Gasteiger partial charge is 0.0487 e. The first kappa shape index (κ1) is 16.0. The molecule has 0 radical (unpaired) electrons. The SMILES string of the molecule is C[C@H]1C=C2CC[C@H]3[C@](C)(CO)CCC[C@]3(C)[C@H]2CC1.O. The summed E-state index contributed by atoms with van der Waals surface area (Å²) in [6.07, 6.45) is 11.9. The molecule has 3 aliphatic rings. The van der Waals surface area contributed by atoms with E-state index in [1.807, 2.05) is 0 Å². The van der Waals surface area contributed by atoms with Crippen LogP contribution in [0.3, 0.4) is 0 Å². The summed E-state index contributed by atoms with van der Waals surface area (Å²) in [7, 11) is 0. The van der Waals surface area contributed by atoms with Gasteiger partial charge in [-0.25, -0.2) is 0 Å². The molecule has 3 aliphatic carbocycles. The highest BCUT2D eigenvalue weighted by Crippen LogP contribution is 2.62. The molecule has 0 amide bonds. The number of allylic oxidation sites excluding steroid dienone is 2. The normalized spacial score (nSPS) is 47.6. The van der Waals surface area contributed by atoms with Gasteiger partial charge >= 0.3 is 0 Å². The van der Waals surface area contributed by atoms with Crippen molar-refractivity contribution in [1.82, 2.24) is 0 Å². The van der Waals surface area contributed by atoms with Gasteiger partial charge in [0, 0.05) is 6.61 Å². The van der Waals surface area contributed by atoms with Crippen molar-refractivity contribution in [3.05, 3.63) is 11.6 Å². The molecule has 5 atom stereocenters. The molecule has 0 aromatic carbocycles. The van der Waals surface area contributed by atoms with Gasteiger partial charge in [-0.1, -0.05) is 38.8 Å². The zero-order valence-electron chi connectivity index (χ0n) is 13.4. The second kappa shape index (κ2) is 5.46. The van der Waals surface area contributed by atoms with Crippen LogP contribution in [-0.2, 0) is 0 Å². The number of fused-ring (bicyclic) bond motifs is 3. The minimum absolute atomic E-state index is 0. The van der Waals surface area contributed by atoms with Crippen LogP contribution in [0.25, 0.3) is 0 Å². The molecular formula is C18H32O2. The molecule has 0 saturated heterocycles. The lowest BCUT2D eigenvalue weighted by molar-refractivity contribution is -0.0883. The van der Waals surface area contributed by atoms with Gasteiger partial charge in [0.15, 0.2) is 0 Å².